The summed E-state index contributed by atoms with van der Waals surface area (Å²) in [4.78, 5) is 15.1. The lowest BCUT2D eigenvalue weighted by Crippen LogP contribution is -2.12. The van der Waals surface area contributed by atoms with Crippen LogP contribution in [0.15, 0.2) is 15.5 Å². The molecule has 0 atom stereocenters. The predicted molar refractivity (Wildman–Crippen MR) is 56.2 cm³/mol. The van der Waals surface area contributed by atoms with Gasteiger partial charge in [-0.1, -0.05) is 16.8 Å². The molecule has 0 aliphatic rings. The average Bonchev–Trinajstić information content (AvgIpc) is 2.67. The largest absolute Gasteiger partial charge is 0.375 e. The third kappa shape index (κ3) is 2.19. The van der Waals surface area contributed by atoms with Crippen molar-refractivity contribution in [3.05, 3.63) is 33.3 Å². The van der Waals surface area contributed by atoms with E-state index in [0.717, 1.165) is 0 Å². The van der Waals surface area contributed by atoms with Gasteiger partial charge in [0.05, 0.1) is 18.4 Å². The summed E-state index contributed by atoms with van der Waals surface area (Å²) in [5, 5.41) is 12.4. The van der Waals surface area contributed by atoms with Crippen molar-refractivity contribution in [3.63, 3.8) is 0 Å². The maximum Gasteiger partial charge on any atom is 0.285 e. The molecule has 0 radical (unpaired) electrons. The van der Waals surface area contributed by atoms with E-state index < -0.39 is 5.56 Å². The number of aromatic amines is 1. The summed E-state index contributed by atoms with van der Waals surface area (Å²) in [6.45, 7) is 2.00. The van der Waals surface area contributed by atoms with Gasteiger partial charge in [0.1, 0.15) is 5.02 Å². The van der Waals surface area contributed by atoms with Gasteiger partial charge in [-0.3, -0.25) is 4.79 Å². The second kappa shape index (κ2) is 4.31. The van der Waals surface area contributed by atoms with Gasteiger partial charge in [0.25, 0.3) is 5.56 Å². The normalized spacial score (nSPS) is 10.4. The lowest BCUT2D eigenvalue weighted by atomic mass is 10.4. The zero-order valence-corrected chi connectivity index (χ0v) is 9.08. The molecule has 2 N–H and O–H groups in total. The molecule has 16 heavy (non-hydrogen) atoms. The first-order valence-electron chi connectivity index (χ1n) is 4.43. The molecule has 0 saturated carbocycles. The number of aromatic nitrogens is 4. The minimum Gasteiger partial charge on any atom is -0.375 e. The van der Waals surface area contributed by atoms with Crippen LogP contribution < -0.4 is 10.9 Å². The van der Waals surface area contributed by atoms with Gasteiger partial charge in [-0.25, -0.2) is 5.10 Å². The number of nitrogens with zero attached hydrogens (tertiary/aromatic N) is 3. The molecule has 2 rings (SSSR count). The maximum absolute atomic E-state index is 11.1. The lowest BCUT2D eigenvalue weighted by Gasteiger charge is -2.03. The van der Waals surface area contributed by atoms with Crippen LogP contribution in [0.3, 0.4) is 0 Å². The van der Waals surface area contributed by atoms with Crippen LogP contribution in [0.4, 0.5) is 5.69 Å². The highest BCUT2D eigenvalue weighted by molar-refractivity contribution is 6.32. The van der Waals surface area contributed by atoms with Crippen LogP contribution in [0.1, 0.15) is 11.7 Å². The minimum atomic E-state index is -0.448. The number of hydrogen-bond acceptors (Lipinski definition) is 6. The van der Waals surface area contributed by atoms with E-state index in [9.17, 15) is 4.79 Å². The highest BCUT2D eigenvalue weighted by atomic mass is 35.5. The third-order valence-corrected chi connectivity index (χ3v) is 2.18. The van der Waals surface area contributed by atoms with Gasteiger partial charge in [-0.15, -0.1) is 0 Å². The second-order valence-corrected chi connectivity index (χ2v) is 3.39. The summed E-state index contributed by atoms with van der Waals surface area (Å²) >= 11 is 5.75. The maximum atomic E-state index is 11.1. The van der Waals surface area contributed by atoms with E-state index in [2.05, 4.69) is 25.7 Å². The Kier molecular flexibility index (Phi) is 2.86. The fourth-order valence-electron chi connectivity index (χ4n) is 1.09. The second-order valence-electron chi connectivity index (χ2n) is 3.01. The molecule has 0 spiro atoms. The Balaban J connectivity index is 2.10. The number of aryl methyl sites for hydroxylation is 1. The topological polar surface area (TPSA) is 96.7 Å². The first-order valence-corrected chi connectivity index (χ1v) is 4.81. The van der Waals surface area contributed by atoms with Gasteiger partial charge in [0.2, 0.25) is 5.89 Å². The number of halogens is 1. The Morgan fingerprint density at radius 3 is 3.12 bits per heavy atom. The zero-order valence-electron chi connectivity index (χ0n) is 8.32. The van der Waals surface area contributed by atoms with E-state index in [1.165, 1.54) is 6.20 Å². The van der Waals surface area contributed by atoms with Crippen molar-refractivity contribution in [2.75, 3.05) is 5.32 Å². The van der Waals surface area contributed by atoms with Gasteiger partial charge < -0.3 is 9.84 Å². The highest BCUT2D eigenvalue weighted by Gasteiger charge is 2.06. The molecule has 7 nitrogen and oxygen atoms in total. The van der Waals surface area contributed by atoms with Gasteiger partial charge >= 0.3 is 0 Å². The monoisotopic (exact) mass is 241 g/mol. The number of anilines is 1. The molecule has 0 bridgehead atoms. The van der Waals surface area contributed by atoms with Crippen molar-refractivity contribution in [2.45, 2.75) is 13.5 Å². The fraction of sp³-hybridized carbons (Fsp3) is 0.250. The standard InChI is InChI=1S/C8H8ClN5O2/c1-4-12-6(14-16-4)3-10-5-2-11-13-8(15)7(5)9/h2H,3H2,1H3,(H2,10,13,15). The first kappa shape index (κ1) is 10.6. The summed E-state index contributed by atoms with van der Waals surface area (Å²) in [6, 6.07) is 0. The molecule has 8 heteroatoms. The predicted octanol–water partition coefficient (Wildman–Crippen LogP) is 0.727. The van der Waals surface area contributed by atoms with E-state index in [1.54, 1.807) is 6.92 Å². The van der Waals surface area contributed by atoms with Crippen molar-refractivity contribution in [1.82, 2.24) is 20.3 Å². The fourth-order valence-corrected chi connectivity index (χ4v) is 1.25. The van der Waals surface area contributed by atoms with Gasteiger partial charge in [-0.05, 0) is 0 Å². The molecular formula is C8H8ClN5O2. The highest BCUT2D eigenvalue weighted by Crippen LogP contribution is 2.14. The summed E-state index contributed by atoms with van der Waals surface area (Å²) < 4.78 is 4.79. The SMILES string of the molecule is Cc1nc(CNc2cn[nH]c(=O)c2Cl)no1. The Morgan fingerprint density at radius 2 is 2.44 bits per heavy atom. The first-order chi connectivity index (χ1) is 7.66. The summed E-state index contributed by atoms with van der Waals surface area (Å²) in [6.07, 6.45) is 1.41. The molecule has 2 aromatic rings. The molecule has 0 fully saturated rings. The molecule has 2 heterocycles. The van der Waals surface area contributed by atoms with Gasteiger partial charge in [0.15, 0.2) is 5.82 Å². The molecule has 0 aliphatic heterocycles. The van der Waals surface area contributed by atoms with Crippen LogP contribution in [0.25, 0.3) is 0 Å². The van der Waals surface area contributed by atoms with Crippen LogP contribution in [0.2, 0.25) is 5.02 Å². The number of rotatable bonds is 3. The number of H-pyrrole nitrogens is 1. The van der Waals surface area contributed by atoms with Crippen molar-refractivity contribution in [3.8, 4) is 0 Å². The Morgan fingerprint density at radius 1 is 1.62 bits per heavy atom. The molecular weight excluding hydrogens is 234 g/mol. The quantitative estimate of drug-likeness (QED) is 0.822. The average molecular weight is 242 g/mol. The van der Waals surface area contributed by atoms with Crippen molar-refractivity contribution < 1.29 is 4.52 Å². The number of nitrogens with one attached hydrogen (secondary N) is 2. The summed E-state index contributed by atoms with van der Waals surface area (Å²) in [5.41, 5.74) is -0.0242. The molecule has 0 unspecified atom stereocenters. The van der Waals surface area contributed by atoms with Crippen molar-refractivity contribution in [2.24, 2.45) is 0 Å². The van der Waals surface area contributed by atoms with Crippen LogP contribution in [-0.4, -0.2) is 20.3 Å². The Labute approximate surface area is 94.8 Å². The third-order valence-electron chi connectivity index (χ3n) is 1.80. The van der Waals surface area contributed by atoms with Gasteiger partial charge in [-0.2, -0.15) is 10.1 Å². The van der Waals surface area contributed by atoms with Crippen LogP contribution >= 0.6 is 11.6 Å². The lowest BCUT2D eigenvalue weighted by molar-refractivity contribution is 0.388. The van der Waals surface area contributed by atoms with E-state index in [1.807, 2.05) is 0 Å². The Bertz CT molecular complexity index is 549. The molecule has 84 valence electrons. The van der Waals surface area contributed by atoms with Crippen molar-refractivity contribution in [1.29, 1.82) is 0 Å². The molecule has 2 aromatic heterocycles. The Hall–Kier alpha value is -1.89. The van der Waals surface area contributed by atoms with E-state index in [0.29, 0.717) is 23.9 Å². The molecule has 0 saturated heterocycles. The van der Waals surface area contributed by atoms with Crippen LogP contribution in [0, 0.1) is 6.92 Å². The summed E-state index contributed by atoms with van der Waals surface area (Å²) in [5.74, 6) is 0.959. The van der Waals surface area contributed by atoms with Crippen LogP contribution in [0.5, 0.6) is 0 Å². The van der Waals surface area contributed by atoms with E-state index in [4.69, 9.17) is 16.1 Å². The zero-order chi connectivity index (χ0) is 11.5. The van der Waals surface area contributed by atoms with Gasteiger partial charge in [0, 0.05) is 6.92 Å². The van der Waals surface area contributed by atoms with E-state index >= 15 is 0 Å². The smallest absolute Gasteiger partial charge is 0.285 e. The molecule has 0 aliphatic carbocycles. The minimum absolute atomic E-state index is 0.0511. The molecule has 0 amide bonds. The van der Waals surface area contributed by atoms with E-state index in [-0.39, 0.29) is 5.02 Å². The molecule has 0 aromatic carbocycles. The van der Waals surface area contributed by atoms with Crippen molar-refractivity contribution >= 4 is 17.3 Å². The number of hydrogen-bond donors (Lipinski definition) is 2. The van der Waals surface area contributed by atoms with Crippen LogP contribution in [-0.2, 0) is 6.54 Å². The summed E-state index contributed by atoms with van der Waals surface area (Å²) in [7, 11) is 0.